The van der Waals surface area contributed by atoms with Crippen molar-refractivity contribution in [3.05, 3.63) is 28.8 Å². The molecule has 0 aliphatic heterocycles. The van der Waals surface area contributed by atoms with Crippen LogP contribution in [0, 0.1) is 13.8 Å². The zero-order valence-electron chi connectivity index (χ0n) is 12.5. The molecule has 0 amide bonds. The first-order chi connectivity index (χ1) is 9.35. The number of rotatable bonds is 7. The average Bonchev–Trinajstić information content (AvgIpc) is 2.35. The standard InChI is InChI=1S/C15H23NO4/c1-10-7-11(2)15(20-4)12(8-10)13(17)9-16(3)6-5-14(18)19/h7-8,13,17H,5-6,9H2,1-4H3,(H,18,19). The van der Waals surface area contributed by atoms with Crippen LogP contribution in [-0.2, 0) is 4.79 Å². The van der Waals surface area contributed by atoms with Crippen LogP contribution in [0.4, 0.5) is 0 Å². The zero-order chi connectivity index (χ0) is 15.3. The molecule has 0 spiro atoms. The van der Waals surface area contributed by atoms with Crippen molar-refractivity contribution < 1.29 is 19.7 Å². The molecule has 0 aromatic heterocycles. The molecule has 2 N–H and O–H groups in total. The maximum Gasteiger partial charge on any atom is 0.304 e. The largest absolute Gasteiger partial charge is 0.496 e. The molecule has 0 saturated carbocycles. The fourth-order valence-corrected chi connectivity index (χ4v) is 2.28. The van der Waals surface area contributed by atoms with Gasteiger partial charge in [0.1, 0.15) is 5.75 Å². The smallest absolute Gasteiger partial charge is 0.304 e. The van der Waals surface area contributed by atoms with Gasteiger partial charge in [-0.3, -0.25) is 4.79 Å². The van der Waals surface area contributed by atoms with Crippen molar-refractivity contribution in [2.24, 2.45) is 0 Å². The number of carbonyl (C=O) groups is 1. The van der Waals surface area contributed by atoms with E-state index < -0.39 is 12.1 Å². The summed E-state index contributed by atoms with van der Waals surface area (Å²) in [4.78, 5) is 12.3. The summed E-state index contributed by atoms with van der Waals surface area (Å²) in [6.45, 7) is 4.68. The minimum Gasteiger partial charge on any atom is -0.496 e. The van der Waals surface area contributed by atoms with Gasteiger partial charge in [0.05, 0.1) is 19.6 Å². The number of nitrogens with zero attached hydrogens (tertiary/aromatic N) is 1. The predicted octanol–water partition coefficient (Wildman–Crippen LogP) is 1.75. The molecule has 1 rings (SSSR count). The van der Waals surface area contributed by atoms with Crippen LogP contribution >= 0.6 is 0 Å². The normalized spacial score (nSPS) is 12.5. The fraction of sp³-hybridized carbons (Fsp3) is 0.533. The molecule has 0 radical (unpaired) electrons. The Morgan fingerprint density at radius 3 is 2.60 bits per heavy atom. The number of carboxylic acid groups (broad SMARTS) is 1. The molecular weight excluding hydrogens is 258 g/mol. The number of ether oxygens (including phenoxy) is 1. The van der Waals surface area contributed by atoms with Gasteiger partial charge < -0.3 is 19.8 Å². The van der Waals surface area contributed by atoms with Crippen molar-refractivity contribution in [3.63, 3.8) is 0 Å². The van der Waals surface area contributed by atoms with Crippen molar-refractivity contribution in [2.75, 3.05) is 27.2 Å². The summed E-state index contributed by atoms with van der Waals surface area (Å²) in [5.41, 5.74) is 2.78. The Bertz CT molecular complexity index is 473. The van der Waals surface area contributed by atoms with E-state index in [1.165, 1.54) is 0 Å². The van der Waals surface area contributed by atoms with E-state index in [4.69, 9.17) is 9.84 Å². The van der Waals surface area contributed by atoms with Crippen molar-refractivity contribution in [2.45, 2.75) is 26.4 Å². The summed E-state index contributed by atoms with van der Waals surface area (Å²) < 4.78 is 5.36. The van der Waals surface area contributed by atoms with Crippen LogP contribution in [0.5, 0.6) is 5.75 Å². The molecule has 0 saturated heterocycles. The number of carboxylic acids is 1. The first-order valence-corrected chi connectivity index (χ1v) is 6.58. The molecule has 0 fully saturated rings. The molecule has 0 bridgehead atoms. The monoisotopic (exact) mass is 281 g/mol. The summed E-state index contributed by atoms with van der Waals surface area (Å²) in [6, 6.07) is 3.91. The molecule has 1 atom stereocenters. The van der Waals surface area contributed by atoms with E-state index in [9.17, 15) is 9.90 Å². The highest BCUT2D eigenvalue weighted by atomic mass is 16.5. The van der Waals surface area contributed by atoms with E-state index in [0.717, 1.165) is 16.7 Å². The minimum absolute atomic E-state index is 0.0627. The predicted molar refractivity (Wildman–Crippen MR) is 77.2 cm³/mol. The molecule has 1 unspecified atom stereocenters. The van der Waals surface area contributed by atoms with Gasteiger partial charge in [-0.25, -0.2) is 0 Å². The number of hydrogen-bond donors (Lipinski definition) is 2. The van der Waals surface area contributed by atoms with Gasteiger partial charge in [0.25, 0.3) is 0 Å². The quantitative estimate of drug-likeness (QED) is 0.797. The lowest BCUT2D eigenvalue weighted by atomic mass is 10.0. The second-order valence-corrected chi connectivity index (χ2v) is 5.13. The average molecular weight is 281 g/mol. The van der Waals surface area contributed by atoms with Gasteiger partial charge in [-0.05, 0) is 32.5 Å². The number of aliphatic hydroxyl groups is 1. The summed E-state index contributed by atoms with van der Waals surface area (Å²) in [5, 5.41) is 19.0. The highest BCUT2D eigenvalue weighted by Gasteiger charge is 2.17. The van der Waals surface area contributed by atoms with Crippen LogP contribution in [-0.4, -0.2) is 48.3 Å². The van der Waals surface area contributed by atoms with Crippen molar-refractivity contribution >= 4 is 5.97 Å². The van der Waals surface area contributed by atoms with Crippen molar-refractivity contribution in [1.82, 2.24) is 4.90 Å². The molecule has 112 valence electrons. The van der Waals surface area contributed by atoms with E-state index in [1.54, 1.807) is 19.1 Å². The molecule has 20 heavy (non-hydrogen) atoms. The van der Waals surface area contributed by atoms with Gasteiger partial charge >= 0.3 is 5.97 Å². The fourth-order valence-electron chi connectivity index (χ4n) is 2.28. The molecule has 5 heteroatoms. The lowest BCUT2D eigenvalue weighted by molar-refractivity contribution is -0.137. The Morgan fingerprint density at radius 1 is 1.40 bits per heavy atom. The number of aryl methyl sites for hydroxylation is 2. The summed E-state index contributed by atoms with van der Waals surface area (Å²) in [5.74, 6) is -0.148. The van der Waals surface area contributed by atoms with Crippen LogP contribution in [0.1, 0.15) is 29.2 Å². The van der Waals surface area contributed by atoms with Gasteiger partial charge in [0.15, 0.2) is 0 Å². The van der Waals surface area contributed by atoms with E-state index in [1.807, 2.05) is 26.0 Å². The van der Waals surface area contributed by atoms with Gasteiger partial charge in [-0.15, -0.1) is 0 Å². The molecule has 0 aliphatic carbocycles. The van der Waals surface area contributed by atoms with E-state index >= 15 is 0 Å². The topological polar surface area (TPSA) is 70.0 Å². The number of benzene rings is 1. The zero-order valence-corrected chi connectivity index (χ0v) is 12.5. The lowest BCUT2D eigenvalue weighted by Crippen LogP contribution is -2.27. The van der Waals surface area contributed by atoms with Gasteiger partial charge in [-0.2, -0.15) is 0 Å². The summed E-state index contributed by atoms with van der Waals surface area (Å²) in [6.07, 6.45) is -0.643. The first kappa shape index (κ1) is 16.5. The molecule has 0 aliphatic rings. The van der Waals surface area contributed by atoms with Crippen molar-refractivity contribution in [1.29, 1.82) is 0 Å². The summed E-state index contributed by atoms with van der Waals surface area (Å²) >= 11 is 0. The molecular formula is C15H23NO4. The first-order valence-electron chi connectivity index (χ1n) is 6.58. The Hall–Kier alpha value is -1.59. The SMILES string of the molecule is COc1c(C)cc(C)cc1C(O)CN(C)CCC(=O)O. The number of hydrogen-bond acceptors (Lipinski definition) is 4. The van der Waals surface area contributed by atoms with Gasteiger partial charge in [-0.1, -0.05) is 11.6 Å². The Kier molecular flexibility index (Phi) is 5.98. The Labute approximate surface area is 119 Å². The maximum absolute atomic E-state index is 10.5. The third-order valence-corrected chi connectivity index (χ3v) is 3.20. The number of aliphatic carboxylic acids is 1. The van der Waals surface area contributed by atoms with Crippen molar-refractivity contribution in [3.8, 4) is 5.75 Å². The van der Waals surface area contributed by atoms with Crippen LogP contribution < -0.4 is 4.74 Å². The number of likely N-dealkylation sites (N-methyl/N-ethyl adjacent to an activating group) is 1. The molecule has 1 aromatic carbocycles. The minimum atomic E-state index is -0.838. The van der Waals surface area contributed by atoms with E-state index in [-0.39, 0.29) is 6.42 Å². The summed E-state index contributed by atoms with van der Waals surface area (Å²) in [7, 11) is 3.38. The van der Waals surface area contributed by atoms with Gasteiger partial charge in [0, 0.05) is 18.7 Å². The highest BCUT2D eigenvalue weighted by molar-refractivity contribution is 5.66. The number of aliphatic hydroxyl groups excluding tert-OH is 1. The second-order valence-electron chi connectivity index (χ2n) is 5.13. The lowest BCUT2D eigenvalue weighted by Gasteiger charge is -2.22. The van der Waals surface area contributed by atoms with Crippen LogP contribution in [0.15, 0.2) is 12.1 Å². The van der Waals surface area contributed by atoms with Crippen LogP contribution in [0.25, 0.3) is 0 Å². The second kappa shape index (κ2) is 7.26. The third-order valence-electron chi connectivity index (χ3n) is 3.20. The van der Waals surface area contributed by atoms with E-state index in [2.05, 4.69) is 0 Å². The van der Waals surface area contributed by atoms with E-state index in [0.29, 0.717) is 18.8 Å². The van der Waals surface area contributed by atoms with Crippen LogP contribution in [0.3, 0.4) is 0 Å². The molecule has 0 heterocycles. The third kappa shape index (κ3) is 4.51. The molecule has 5 nitrogen and oxygen atoms in total. The molecule has 1 aromatic rings. The Morgan fingerprint density at radius 2 is 2.05 bits per heavy atom. The highest BCUT2D eigenvalue weighted by Crippen LogP contribution is 2.30. The van der Waals surface area contributed by atoms with Gasteiger partial charge in [0.2, 0.25) is 0 Å². The Balaban J connectivity index is 2.81. The maximum atomic E-state index is 10.5. The number of methoxy groups -OCH3 is 1. The van der Waals surface area contributed by atoms with Crippen LogP contribution in [0.2, 0.25) is 0 Å².